The maximum atomic E-state index is 12.6. The molecule has 2 N–H and O–H groups in total. The van der Waals surface area contributed by atoms with E-state index in [2.05, 4.69) is 27.7 Å². The highest BCUT2D eigenvalue weighted by atomic mass is 16.5. The number of carbonyl (C=O) groups is 2. The highest BCUT2D eigenvalue weighted by Crippen LogP contribution is 2.28. The quantitative estimate of drug-likeness (QED) is 0.854. The first-order chi connectivity index (χ1) is 13.2. The van der Waals surface area contributed by atoms with Crippen molar-refractivity contribution in [1.82, 2.24) is 10.2 Å². The highest BCUT2D eigenvalue weighted by Gasteiger charge is 2.18. The molecule has 0 saturated carbocycles. The second kappa shape index (κ2) is 7.80. The van der Waals surface area contributed by atoms with Gasteiger partial charge in [0.2, 0.25) is 0 Å². The molecule has 27 heavy (non-hydrogen) atoms. The van der Waals surface area contributed by atoms with Gasteiger partial charge in [-0.25, -0.2) is 0 Å². The molecule has 6 heteroatoms. The van der Waals surface area contributed by atoms with Crippen LogP contribution in [0.2, 0.25) is 0 Å². The molecule has 0 radical (unpaired) electrons. The number of fused-ring (bicyclic) bond motifs is 1. The summed E-state index contributed by atoms with van der Waals surface area (Å²) in [6, 6.07) is 13.3. The van der Waals surface area contributed by atoms with Crippen molar-refractivity contribution in [3.63, 3.8) is 0 Å². The molecule has 1 saturated heterocycles. The molecule has 0 unspecified atom stereocenters. The van der Waals surface area contributed by atoms with Crippen LogP contribution in [-0.2, 0) is 17.9 Å². The van der Waals surface area contributed by atoms with Crippen molar-refractivity contribution in [3.8, 4) is 5.75 Å². The van der Waals surface area contributed by atoms with Crippen molar-refractivity contribution in [2.24, 2.45) is 0 Å². The minimum atomic E-state index is -0.212. The van der Waals surface area contributed by atoms with Gasteiger partial charge in [-0.1, -0.05) is 24.3 Å². The van der Waals surface area contributed by atoms with Crippen LogP contribution in [0.3, 0.4) is 0 Å². The molecule has 140 valence electrons. The number of benzene rings is 2. The van der Waals surface area contributed by atoms with Crippen LogP contribution in [0.25, 0.3) is 0 Å². The minimum Gasteiger partial charge on any atom is -0.482 e. The first kappa shape index (κ1) is 17.5. The van der Waals surface area contributed by atoms with Crippen LogP contribution in [0.1, 0.15) is 34.3 Å². The molecule has 0 atom stereocenters. The molecular weight excluding hydrogens is 342 g/mol. The Morgan fingerprint density at radius 2 is 1.89 bits per heavy atom. The lowest BCUT2D eigenvalue weighted by Gasteiger charge is -2.19. The molecule has 4 rings (SSSR count). The van der Waals surface area contributed by atoms with Crippen molar-refractivity contribution >= 4 is 17.5 Å². The molecular formula is C21H23N3O3. The Kier molecular flexibility index (Phi) is 5.07. The molecule has 0 spiro atoms. The van der Waals surface area contributed by atoms with E-state index in [0.717, 1.165) is 25.2 Å². The fourth-order valence-corrected chi connectivity index (χ4v) is 3.57. The maximum absolute atomic E-state index is 12.6. The third-order valence-corrected chi connectivity index (χ3v) is 5.03. The summed E-state index contributed by atoms with van der Waals surface area (Å²) in [6.07, 6.45) is 2.52. The van der Waals surface area contributed by atoms with Crippen molar-refractivity contribution in [2.75, 3.05) is 25.0 Å². The second-order valence-corrected chi connectivity index (χ2v) is 6.98. The van der Waals surface area contributed by atoms with Crippen LogP contribution in [-0.4, -0.2) is 36.4 Å². The number of hydrogen-bond acceptors (Lipinski definition) is 4. The summed E-state index contributed by atoms with van der Waals surface area (Å²) in [4.78, 5) is 26.5. The number of amides is 2. The maximum Gasteiger partial charge on any atom is 0.262 e. The van der Waals surface area contributed by atoms with Crippen LogP contribution >= 0.6 is 0 Å². The van der Waals surface area contributed by atoms with E-state index in [1.165, 1.54) is 18.4 Å². The Balaban J connectivity index is 1.42. The zero-order valence-corrected chi connectivity index (χ0v) is 15.2. The molecule has 2 amide bonds. The summed E-state index contributed by atoms with van der Waals surface area (Å²) in [5, 5.41) is 5.72. The summed E-state index contributed by atoms with van der Waals surface area (Å²) in [5.41, 5.74) is 3.42. The summed E-state index contributed by atoms with van der Waals surface area (Å²) in [6.45, 7) is 3.69. The zero-order chi connectivity index (χ0) is 18.6. The van der Waals surface area contributed by atoms with E-state index in [9.17, 15) is 9.59 Å². The fourth-order valence-electron chi connectivity index (χ4n) is 3.57. The van der Waals surface area contributed by atoms with Gasteiger partial charge in [-0.15, -0.1) is 0 Å². The number of nitrogens with zero attached hydrogens (tertiary/aromatic N) is 1. The molecule has 2 aliphatic rings. The van der Waals surface area contributed by atoms with Gasteiger partial charge in [0.05, 0.1) is 5.69 Å². The standard InChI is InChI=1S/C21H23N3O3/c25-20-14-27-19-8-7-15(11-18(19)23-20)21(26)22-12-16-5-1-2-6-17(16)13-24-9-3-4-10-24/h1-2,5-8,11H,3-4,9-10,12-14H2,(H,22,26)(H,23,25). The van der Waals surface area contributed by atoms with E-state index in [1.807, 2.05) is 12.1 Å². The smallest absolute Gasteiger partial charge is 0.262 e. The van der Waals surface area contributed by atoms with Gasteiger partial charge in [0.25, 0.3) is 11.8 Å². The number of anilines is 1. The van der Waals surface area contributed by atoms with E-state index < -0.39 is 0 Å². The number of nitrogens with one attached hydrogen (secondary N) is 2. The highest BCUT2D eigenvalue weighted by molar-refractivity contribution is 5.99. The Bertz CT molecular complexity index is 860. The number of rotatable bonds is 5. The van der Waals surface area contributed by atoms with E-state index >= 15 is 0 Å². The van der Waals surface area contributed by atoms with Gasteiger partial charge in [-0.2, -0.15) is 0 Å². The average molecular weight is 365 g/mol. The van der Waals surface area contributed by atoms with Gasteiger partial charge in [0, 0.05) is 18.7 Å². The number of ether oxygens (including phenoxy) is 1. The summed E-state index contributed by atoms with van der Waals surface area (Å²) < 4.78 is 5.33. The van der Waals surface area contributed by atoms with Crippen LogP contribution in [0.15, 0.2) is 42.5 Å². The predicted molar refractivity (Wildman–Crippen MR) is 103 cm³/mol. The minimum absolute atomic E-state index is 0.00629. The van der Waals surface area contributed by atoms with E-state index in [4.69, 9.17) is 4.74 Å². The molecule has 0 aliphatic carbocycles. The molecule has 0 bridgehead atoms. The lowest BCUT2D eigenvalue weighted by Crippen LogP contribution is -2.27. The van der Waals surface area contributed by atoms with Crippen LogP contribution in [0.4, 0.5) is 5.69 Å². The van der Waals surface area contributed by atoms with Crippen molar-refractivity contribution in [2.45, 2.75) is 25.9 Å². The fraction of sp³-hybridized carbons (Fsp3) is 0.333. The van der Waals surface area contributed by atoms with Crippen LogP contribution in [0.5, 0.6) is 5.75 Å². The summed E-state index contributed by atoms with van der Waals surface area (Å²) in [5.74, 6) is 0.201. The van der Waals surface area contributed by atoms with Gasteiger partial charge in [0.1, 0.15) is 5.75 Å². The molecule has 2 aromatic rings. The topological polar surface area (TPSA) is 70.7 Å². The Hall–Kier alpha value is -2.86. The number of likely N-dealkylation sites (tertiary alicyclic amines) is 1. The Morgan fingerprint density at radius 3 is 2.70 bits per heavy atom. The third kappa shape index (κ3) is 4.11. The van der Waals surface area contributed by atoms with E-state index in [1.54, 1.807) is 18.2 Å². The molecule has 1 fully saturated rings. The zero-order valence-electron chi connectivity index (χ0n) is 15.2. The molecule has 6 nitrogen and oxygen atoms in total. The lowest BCUT2D eigenvalue weighted by molar-refractivity contribution is -0.118. The summed E-state index contributed by atoms with van der Waals surface area (Å²) >= 11 is 0. The number of carbonyl (C=O) groups excluding carboxylic acids is 2. The SMILES string of the molecule is O=C1COc2ccc(C(=O)NCc3ccccc3CN3CCCC3)cc2N1. The molecule has 2 aliphatic heterocycles. The average Bonchev–Trinajstić information content (AvgIpc) is 3.19. The van der Waals surface area contributed by atoms with Gasteiger partial charge >= 0.3 is 0 Å². The first-order valence-corrected chi connectivity index (χ1v) is 9.33. The Labute approximate surface area is 158 Å². The van der Waals surface area contributed by atoms with Gasteiger partial charge < -0.3 is 15.4 Å². The van der Waals surface area contributed by atoms with Gasteiger partial charge in [0.15, 0.2) is 6.61 Å². The normalized spacial score (nSPS) is 16.4. The Morgan fingerprint density at radius 1 is 1.11 bits per heavy atom. The molecule has 2 heterocycles. The largest absolute Gasteiger partial charge is 0.482 e. The van der Waals surface area contributed by atoms with Crippen LogP contribution < -0.4 is 15.4 Å². The van der Waals surface area contributed by atoms with Gasteiger partial charge in [-0.3, -0.25) is 14.5 Å². The molecule has 0 aromatic heterocycles. The third-order valence-electron chi connectivity index (χ3n) is 5.03. The van der Waals surface area contributed by atoms with E-state index in [0.29, 0.717) is 23.5 Å². The predicted octanol–water partition coefficient (Wildman–Crippen LogP) is 2.54. The summed E-state index contributed by atoms with van der Waals surface area (Å²) in [7, 11) is 0. The van der Waals surface area contributed by atoms with Crippen molar-refractivity contribution in [1.29, 1.82) is 0 Å². The van der Waals surface area contributed by atoms with Crippen LogP contribution in [0, 0.1) is 0 Å². The number of hydrogen-bond donors (Lipinski definition) is 2. The van der Waals surface area contributed by atoms with Crippen molar-refractivity contribution in [3.05, 3.63) is 59.2 Å². The lowest BCUT2D eigenvalue weighted by atomic mass is 10.1. The van der Waals surface area contributed by atoms with Crippen molar-refractivity contribution < 1.29 is 14.3 Å². The van der Waals surface area contributed by atoms with E-state index in [-0.39, 0.29) is 18.4 Å². The van der Waals surface area contributed by atoms with Gasteiger partial charge in [-0.05, 0) is 55.3 Å². The monoisotopic (exact) mass is 365 g/mol. The first-order valence-electron chi connectivity index (χ1n) is 9.33. The second-order valence-electron chi connectivity index (χ2n) is 6.98. The molecule has 2 aromatic carbocycles.